The highest BCUT2D eigenvalue weighted by molar-refractivity contribution is 5.80. The predicted octanol–water partition coefficient (Wildman–Crippen LogP) is 3.39. The van der Waals surface area contributed by atoms with E-state index in [4.69, 9.17) is 4.74 Å². The quantitative estimate of drug-likeness (QED) is 0.608. The van der Waals surface area contributed by atoms with Gasteiger partial charge in [-0.05, 0) is 49.5 Å². The minimum atomic E-state index is -4.35. The monoisotopic (exact) mass is 412 g/mol. The number of halogens is 3. The normalized spacial score (nSPS) is 24.6. The smallest absolute Gasteiger partial charge is 0.370 e. The van der Waals surface area contributed by atoms with Crippen molar-refractivity contribution < 1.29 is 17.9 Å². The van der Waals surface area contributed by atoms with Crippen LogP contribution in [0.1, 0.15) is 37.0 Å². The van der Waals surface area contributed by atoms with Crippen LogP contribution in [0.3, 0.4) is 0 Å². The van der Waals surface area contributed by atoms with Crippen LogP contribution in [0.4, 0.5) is 13.2 Å². The lowest BCUT2D eigenvalue weighted by molar-refractivity contribution is -0.137. The molecule has 1 N–H and O–H groups in total. The topological polar surface area (TPSA) is 40.1 Å². The van der Waals surface area contributed by atoms with Crippen LogP contribution >= 0.6 is 0 Å². The average Bonchev–Trinajstić information content (AvgIpc) is 2.74. The largest absolute Gasteiger partial charge is 0.416 e. The standard InChI is InChI=1S/C21H31F3N4O/c1-3-27-9-5-6-16(14-27)13-26-20(25-2)28-10-11-29-19(15-28)17-7-4-8-18(12-17)21(22,23)24/h4,7-8,12,16,19H,3,5-6,9-11,13-15H2,1-2H3,(H,25,26). The molecule has 2 aliphatic rings. The molecule has 2 saturated heterocycles. The van der Waals surface area contributed by atoms with Crippen molar-refractivity contribution in [3.05, 3.63) is 35.4 Å². The number of piperidine rings is 1. The third kappa shape index (κ3) is 5.85. The van der Waals surface area contributed by atoms with Gasteiger partial charge in [0.05, 0.1) is 18.7 Å². The van der Waals surface area contributed by atoms with E-state index in [9.17, 15) is 13.2 Å². The summed E-state index contributed by atoms with van der Waals surface area (Å²) in [5.74, 6) is 1.37. The van der Waals surface area contributed by atoms with E-state index >= 15 is 0 Å². The van der Waals surface area contributed by atoms with E-state index in [1.165, 1.54) is 31.5 Å². The molecule has 3 rings (SSSR count). The van der Waals surface area contributed by atoms with Crippen LogP contribution in [0, 0.1) is 5.92 Å². The number of ether oxygens (including phenoxy) is 1. The fraction of sp³-hybridized carbons (Fsp3) is 0.667. The Morgan fingerprint density at radius 1 is 1.28 bits per heavy atom. The Morgan fingerprint density at radius 3 is 2.83 bits per heavy atom. The molecule has 1 aromatic carbocycles. The fourth-order valence-electron chi connectivity index (χ4n) is 4.13. The van der Waals surface area contributed by atoms with Gasteiger partial charge in [0.25, 0.3) is 0 Å². The van der Waals surface area contributed by atoms with Crippen LogP contribution in [0.25, 0.3) is 0 Å². The molecule has 0 aromatic heterocycles. The lowest BCUT2D eigenvalue weighted by atomic mass is 9.98. The minimum Gasteiger partial charge on any atom is -0.370 e. The van der Waals surface area contributed by atoms with Crippen LogP contribution < -0.4 is 5.32 Å². The van der Waals surface area contributed by atoms with E-state index in [0.717, 1.165) is 31.7 Å². The summed E-state index contributed by atoms with van der Waals surface area (Å²) in [6, 6.07) is 5.41. The molecular formula is C21H31F3N4O. The molecule has 8 heteroatoms. The van der Waals surface area contributed by atoms with Crippen molar-refractivity contribution >= 4 is 5.96 Å². The van der Waals surface area contributed by atoms with Crippen LogP contribution in [-0.2, 0) is 10.9 Å². The molecule has 0 spiro atoms. The van der Waals surface area contributed by atoms with E-state index in [1.807, 2.05) is 0 Å². The second-order valence-electron chi connectivity index (χ2n) is 7.76. The summed E-state index contributed by atoms with van der Waals surface area (Å²) in [6.45, 7) is 7.99. The number of nitrogens with zero attached hydrogens (tertiary/aromatic N) is 3. The second-order valence-corrected chi connectivity index (χ2v) is 7.76. The molecule has 162 valence electrons. The van der Waals surface area contributed by atoms with Crippen LogP contribution in [0.15, 0.2) is 29.3 Å². The molecule has 5 nitrogen and oxygen atoms in total. The molecule has 0 bridgehead atoms. The minimum absolute atomic E-state index is 0.408. The van der Waals surface area contributed by atoms with Crippen molar-refractivity contribution in [2.75, 3.05) is 52.9 Å². The van der Waals surface area contributed by atoms with Gasteiger partial charge in [-0.15, -0.1) is 0 Å². The number of morpholine rings is 1. The highest BCUT2D eigenvalue weighted by Crippen LogP contribution is 2.32. The SMILES string of the molecule is CCN1CCCC(CNC(=NC)N2CCOC(c3cccc(C(F)(F)F)c3)C2)C1. The Hall–Kier alpha value is -1.80. The van der Waals surface area contributed by atoms with Crippen molar-refractivity contribution in [2.24, 2.45) is 10.9 Å². The summed E-state index contributed by atoms with van der Waals surface area (Å²) in [5, 5.41) is 3.47. The molecular weight excluding hydrogens is 381 g/mol. The zero-order valence-electron chi connectivity index (χ0n) is 17.2. The Balaban J connectivity index is 1.60. The Labute approximate surface area is 170 Å². The van der Waals surface area contributed by atoms with Gasteiger partial charge < -0.3 is 19.9 Å². The van der Waals surface area contributed by atoms with Gasteiger partial charge in [0.2, 0.25) is 0 Å². The van der Waals surface area contributed by atoms with Gasteiger partial charge in [-0.3, -0.25) is 4.99 Å². The zero-order chi connectivity index (χ0) is 20.9. The highest BCUT2D eigenvalue weighted by Gasteiger charge is 2.32. The van der Waals surface area contributed by atoms with E-state index < -0.39 is 17.8 Å². The Morgan fingerprint density at radius 2 is 2.10 bits per heavy atom. The number of alkyl halides is 3. The molecule has 0 aliphatic carbocycles. The first kappa shape index (κ1) is 21.9. The third-order valence-corrected chi connectivity index (χ3v) is 5.76. The average molecular weight is 413 g/mol. The number of nitrogens with one attached hydrogen (secondary N) is 1. The number of aliphatic imine (C=N–C) groups is 1. The number of hydrogen-bond acceptors (Lipinski definition) is 3. The Kier molecular flexibility index (Phi) is 7.40. The zero-order valence-corrected chi connectivity index (χ0v) is 17.2. The molecule has 0 radical (unpaired) electrons. The highest BCUT2D eigenvalue weighted by atomic mass is 19.4. The van der Waals surface area contributed by atoms with Gasteiger partial charge in [-0.25, -0.2) is 0 Å². The summed E-state index contributed by atoms with van der Waals surface area (Å²) in [6.07, 6.45) is -2.34. The Bertz CT molecular complexity index is 695. The van der Waals surface area contributed by atoms with E-state index in [0.29, 0.717) is 31.2 Å². The number of guanidine groups is 1. The maximum Gasteiger partial charge on any atom is 0.416 e. The number of rotatable bonds is 4. The van der Waals surface area contributed by atoms with Crippen molar-refractivity contribution in [1.29, 1.82) is 0 Å². The molecule has 2 atom stereocenters. The predicted molar refractivity (Wildman–Crippen MR) is 108 cm³/mol. The van der Waals surface area contributed by atoms with Gasteiger partial charge in [0, 0.05) is 26.7 Å². The second kappa shape index (κ2) is 9.80. The van der Waals surface area contributed by atoms with Crippen molar-refractivity contribution in [3.8, 4) is 0 Å². The lowest BCUT2D eigenvalue weighted by Crippen LogP contribution is -2.50. The maximum atomic E-state index is 13.0. The van der Waals surface area contributed by atoms with Gasteiger partial charge in [0.1, 0.15) is 6.10 Å². The maximum absolute atomic E-state index is 13.0. The molecule has 2 fully saturated rings. The first-order valence-electron chi connectivity index (χ1n) is 10.4. The fourth-order valence-corrected chi connectivity index (χ4v) is 4.13. The number of hydrogen-bond donors (Lipinski definition) is 1. The van der Waals surface area contributed by atoms with Crippen molar-refractivity contribution in [1.82, 2.24) is 15.1 Å². The van der Waals surface area contributed by atoms with Crippen LogP contribution in [0.2, 0.25) is 0 Å². The summed E-state index contributed by atoms with van der Waals surface area (Å²) >= 11 is 0. The first-order chi connectivity index (χ1) is 13.9. The van der Waals surface area contributed by atoms with Gasteiger partial charge in [-0.1, -0.05) is 19.1 Å². The van der Waals surface area contributed by atoms with Gasteiger partial charge in [0.15, 0.2) is 5.96 Å². The molecule has 0 saturated carbocycles. The molecule has 29 heavy (non-hydrogen) atoms. The summed E-state index contributed by atoms with van der Waals surface area (Å²) < 4.78 is 44.9. The lowest BCUT2D eigenvalue weighted by Gasteiger charge is -2.37. The number of benzene rings is 1. The summed E-state index contributed by atoms with van der Waals surface area (Å²) in [7, 11) is 1.75. The van der Waals surface area contributed by atoms with Gasteiger partial charge >= 0.3 is 6.18 Å². The molecule has 2 heterocycles. The first-order valence-corrected chi connectivity index (χ1v) is 10.4. The van der Waals surface area contributed by atoms with E-state index in [2.05, 4.69) is 27.0 Å². The summed E-state index contributed by atoms with van der Waals surface area (Å²) in [5.41, 5.74) is -0.0955. The van der Waals surface area contributed by atoms with Crippen molar-refractivity contribution in [2.45, 2.75) is 32.0 Å². The van der Waals surface area contributed by atoms with E-state index in [1.54, 1.807) is 13.1 Å². The van der Waals surface area contributed by atoms with E-state index in [-0.39, 0.29) is 0 Å². The molecule has 0 amide bonds. The number of likely N-dealkylation sites (tertiary alicyclic amines) is 1. The molecule has 2 aliphatic heterocycles. The van der Waals surface area contributed by atoms with Crippen molar-refractivity contribution in [3.63, 3.8) is 0 Å². The van der Waals surface area contributed by atoms with Crippen LogP contribution in [-0.4, -0.2) is 68.7 Å². The van der Waals surface area contributed by atoms with Gasteiger partial charge in [-0.2, -0.15) is 13.2 Å². The summed E-state index contributed by atoms with van der Waals surface area (Å²) in [4.78, 5) is 8.95. The third-order valence-electron chi connectivity index (χ3n) is 5.76. The van der Waals surface area contributed by atoms with Crippen LogP contribution in [0.5, 0.6) is 0 Å². The molecule has 2 unspecified atom stereocenters. The molecule has 1 aromatic rings.